The molecule has 0 saturated carbocycles. The van der Waals surface area contributed by atoms with Crippen molar-refractivity contribution in [1.82, 2.24) is 0 Å². The van der Waals surface area contributed by atoms with E-state index in [1.807, 2.05) is 38.1 Å². The average molecular weight is 334 g/mol. The van der Waals surface area contributed by atoms with E-state index < -0.39 is 21.8 Å². The molecular weight excluding hydrogens is 312 g/mol. The first-order valence-corrected chi connectivity index (χ1v) is 9.19. The molecule has 0 unspecified atom stereocenters. The van der Waals surface area contributed by atoms with Crippen LogP contribution in [0.4, 0.5) is 0 Å². The number of aryl methyl sites for hydroxylation is 2. The van der Waals surface area contributed by atoms with E-state index in [0.717, 1.165) is 17.4 Å². The number of aliphatic hydroxyl groups is 1. The Morgan fingerprint density at radius 1 is 0.913 bits per heavy atom. The van der Waals surface area contributed by atoms with Crippen molar-refractivity contribution < 1.29 is 17.7 Å². The Bertz CT molecular complexity index is 716. The highest BCUT2D eigenvalue weighted by molar-refractivity contribution is 7.86. The van der Waals surface area contributed by atoms with Crippen LogP contribution in [0, 0.1) is 13.8 Å². The predicted molar refractivity (Wildman–Crippen MR) is 90.7 cm³/mol. The van der Waals surface area contributed by atoms with Gasteiger partial charge in [0.2, 0.25) is 0 Å². The smallest absolute Gasteiger partial charge is 0.264 e. The summed E-state index contributed by atoms with van der Waals surface area (Å²) in [7, 11) is -3.70. The van der Waals surface area contributed by atoms with Gasteiger partial charge in [0.1, 0.15) is 11.7 Å². The molecule has 0 aliphatic heterocycles. The first kappa shape index (κ1) is 17.7. The van der Waals surface area contributed by atoms with Crippen molar-refractivity contribution in [3.63, 3.8) is 0 Å². The Balaban J connectivity index is 2.58. The summed E-state index contributed by atoms with van der Waals surface area (Å²) in [4.78, 5) is 0. The Hall–Kier alpha value is -1.69. The highest BCUT2D eigenvalue weighted by Gasteiger charge is 2.40. The lowest BCUT2D eigenvalue weighted by Crippen LogP contribution is -2.41. The maximum atomic E-state index is 11.5. The zero-order valence-electron chi connectivity index (χ0n) is 13.8. The van der Waals surface area contributed by atoms with Gasteiger partial charge in [0.25, 0.3) is 10.1 Å². The predicted octanol–water partition coefficient (Wildman–Crippen LogP) is 2.90. The molecule has 0 aromatic heterocycles. The summed E-state index contributed by atoms with van der Waals surface area (Å²) in [6.45, 7) is 5.46. The summed E-state index contributed by atoms with van der Waals surface area (Å²) in [6.07, 6.45) is 0.0108. The Labute approximate surface area is 137 Å². The number of rotatable bonds is 5. The average Bonchev–Trinajstić information content (AvgIpc) is 2.46. The molecule has 4 nitrogen and oxygen atoms in total. The minimum atomic E-state index is -3.70. The molecule has 2 aromatic carbocycles. The van der Waals surface area contributed by atoms with Crippen LogP contribution in [0.25, 0.3) is 0 Å². The van der Waals surface area contributed by atoms with Gasteiger partial charge in [-0.2, -0.15) is 8.42 Å². The first-order chi connectivity index (χ1) is 10.6. The van der Waals surface area contributed by atoms with E-state index in [0.29, 0.717) is 11.1 Å². The summed E-state index contributed by atoms with van der Waals surface area (Å²) in [5.74, 6) is 0. The van der Waals surface area contributed by atoms with Gasteiger partial charge in [-0.25, -0.2) is 0 Å². The van der Waals surface area contributed by atoms with Crippen LogP contribution in [0.15, 0.2) is 48.5 Å². The minimum Gasteiger partial charge on any atom is -0.378 e. The van der Waals surface area contributed by atoms with Crippen LogP contribution in [0.1, 0.15) is 29.2 Å². The van der Waals surface area contributed by atoms with E-state index in [2.05, 4.69) is 0 Å². The highest BCUT2D eigenvalue weighted by Crippen LogP contribution is 2.35. The zero-order valence-corrected chi connectivity index (χ0v) is 14.6. The van der Waals surface area contributed by atoms with Gasteiger partial charge >= 0.3 is 0 Å². The summed E-state index contributed by atoms with van der Waals surface area (Å²) in [5.41, 5.74) is 1.71. The molecule has 0 bridgehead atoms. The van der Waals surface area contributed by atoms with Gasteiger partial charge in [-0.05, 0) is 31.9 Å². The fourth-order valence-corrected chi connectivity index (χ4v) is 3.25. The Morgan fingerprint density at radius 3 is 1.57 bits per heavy atom. The molecule has 0 radical (unpaired) electrons. The van der Waals surface area contributed by atoms with Crippen molar-refractivity contribution in [3.05, 3.63) is 70.8 Å². The maximum Gasteiger partial charge on any atom is 0.264 e. The fourth-order valence-electron chi connectivity index (χ4n) is 2.58. The molecule has 1 atom stereocenters. The van der Waals surface area contributed by atoms with Gasteiger partial charge in [0.05, 0.1) is 6.26 Å². The maximum absolute atomic E-state index is 11.5. The number of hydrogen-bond donors (Lipinski definition) is 1. The largest absolute Gasteiger partial charge is 0.378 e. The molecule has 124 valence electrons. The molecule has 0 spiro atoms. The van der Waals surface area contributed by atoms with E-state index in [-0.39, 0.29) is 0 Å². The topological polar surface area (TPSA) is 63.6 Å². The Kier molecular flexibility index (Phi) is 4.94. The molecular formula is C18H22O4S. The summed E-state index contributed by atoms with van der Waals surface area (Å²) < 4.78 is 28.1. The van der Waals surface area contributed by atoms with Gasteiger partial charge in [0, 0.05) is 0 Å². The van der Waals surface area contributed by atoms with Crippen LogP contribution in [-0.4, -0.2) is 25.9 Å². The molecule has 2 rings (SSSR count). The molecule has 0 aliphatic carbocycles. The molecule has 0 aliphatic rings. The van der Waals surface area contributed by atoms with Gasteiger partial charge < -0.3 is 5.11 Å². The second-order valence-electron chi connectivity index (χ2n) is 5.94. The molecule has 1 N–H and O–H groups in total. The lowest BCUT2D eigenvalue weighted by Gasteiger charge is -2.34. The monoisotopic (exact) mass is 334 g/mol. The molecule has 0 fully saturated rings. The van der Waals surface area contributed by atoms with Crippen LogP contribution in [-0.2, 0) is 19.9 Å². The Morgan fingerprint density at radius 2 is 1.26 bits per heavy atom. The van der Waals surface area contributed by atoms with Gasteiger partial charge in [0.15, 0.2) is 0 Å². The third-order valence-corrected chi connectivity index (χ3v) is 4.53. The van der Waals surface area contributed by atoms with Crippen LogP contribution in [0.5, 0.6) is 0 Å². The third-order valence-electron chi connectivity index (χ3n) is 3.89. The lowest BCUT2D eigenvalue weighted by molar-refractivity contribution is -0.0225. The van der Waals surface area contributed by atoms with Crippen molar-refractivity contribution in [1.29, 1.82) is 0 Å². The second-order valence-corrected chi connectivity index (χ2v) is 7.54. The van der Waals surface area contributed by atoms with Gasteiger partial charge in [-0.3, -0.25) is 4.18 Å². The van der Waals surface area contributed by atoms with Crippen molar-refractivity contribution in [2.45, 2.75) is 32.5 Å². The summed E-state index contributed by atoms with van der Waals surface area (Å²) in [6, 6.07) is 14.7. The summed E-state index contributed by atoms with van der Waals surface area (Å²) in [5, 5.41) is 11.4. The summed E-state index contributed by atoms with van der Waals surface area (Å²) >= 11 is 0. The van der Waals surface area contributed by atoms with E-state index >= 15 is 0 Å². The minimum absolute atomic E-state index is 0.586. The molecule has 0 saturated heterocycles. The van der Waals surface area contributed by atoms with E-state index in [1.165, 1.54) is 0 Å². The van der Waals surface area contributed by atoms with Crippen LogP contribution in [0.2, 0.25) is 0 Å². The van der Waals surface area contributed by atoms with Crippen LogP contribution >= 0.6 is 0 Å². The van der Waals surface area contributed by atoms with E-state index in [1.54, 1.807) is 31.2 Å². The number of hydrogen-bond acceptors (Lipinski definition) is 4. The highest BCUT2D eigenvalue weighted by atomic mass is 32.2. The molecule has 0 heterocycles. The van der Waals surface area contributed by atoms with Crippen molar-refractivity contribution >= 4 is 10.1 Å². The van der Waals surface area contributed by atoms with Crippen molar-refractivity contribution in [2.24, 2.45) is 0 Å². The fraction of sp³-hybridized carbons (Fsp3) is 0.333. The normalized spacial score (nSPS) is 13.8. The lowest BCUT2D eigenvalue weighted by atomic mass is 9.82. The third kappa shape index (κ3) is 3.99. The SMILES string of the molecule is Cc1ccc(C(O)(c2ccc(C)cc2)[C@H](C)OS(C)(=O)=O)cc1. The zero-order chi connectivity index (χ0) is 17.3. The standard InChI is InChI=1S/C18H22O4S/c1-13-5-9-16(10-6-13)18(19,15(3)22-23(4,20)21)17-11-7-14(2)8-12-17/h5-12,15,19H,1-4H3/t15-/m0/s1. The quantitative estimate of drug-likeness (QED) is 0.854. The molecule has 23 heavy (non-hydrogen) atoms. The van der Waals surface area contributed by atoms with Gasteiger partial charge in [-0.1, -0.05) is 59.7 Å². The molecule has 2 aromatic rings. The first-order valence-electron chi connectivity index (χ1n) is 7.38. The van der Waals surface area contributed by atoms with Gasteiger partial charge in [-0.15, -0.1) is 0 Å². The van der Waals surface area contributed by atoms with Crippen LogP contribution in [0.3, 0.4) is 0 Å². The molecule has 0 amide bonds. The van der Waals surface area contributed by atoms with E-state index in [9.17, 15) is 13.5 Å². The second kappa shape index (κ2) is 6.43. The van der Waals surface area contributed by atoms with Crippen molar-refractivity contribution in [3.8, 4) is 0 Å². The van der Waals surface area contributed by atoms with Crippen molar-refractivity contribution in [2.75, 3.05) is 6.26 Å². The van der Waals surface area contributed by atoms with Crippen LogP contribution < -0.4 is 0 Å². The molecule has 5 heteroatoms. The van der Waals surface area contributed by atoms with E-state index in [4.69, 9.17) is 4.18 Å². The number of benzene rings is 2.